The maximum atomic E-state index is 12.7. The molecule has 2 saturated carbocycles. The first kappa shape index (κ1) is 21.0. The zero-order chi connectivity index (χ0) is 19.0. The molecule has 9 nitrogen and oxygen atoms in total. The second kappa shape index (κ2) is 8.75. The number of hydrogen-bond donors (Lipinski definition) is 6. The van der Waals surface area contributed by atoms with Crippen LogP contribution in [0.5, 0.6) is 0 Å². The summed E-state index contributed by atoms with van der Waals surface area (Å²) in [4.78, 5) is 24.2. The number of aliphatic hydroxyl groups excluding tert-OH is 3. The molecule has 0 saturated heterocycles. The molecule has 2 fully saturated rings. The van der Waals surface area contributed by atoms with Gasteiger partial charge in [0.2, 0.25) is 5.95 Å². The van der Waals surface area contributed by atoms with E-state index < -0.39 is 24.2 Å². The van der Waals surface area contributed by atoms with E-state index >= 15 is 0 Å². The molecule has 0 aliphatic heterocycles. The third kappa shape index (κ3) is 4.01. The fraction of sp³-hybridized carbons (Fsp3) is 0.588. The molecule has 154 valence electrons. The summed E-state index contributed by atoms with van der Waals surface area (Å²) in [5.41, 5.74) is 2.10. The van der Waals surface area contributed by atoms with Crippen molar-refractivity contribution in [3.63, 3.8) is 0 Å². The number of nitrogens with one attached hydrogen (secondary N) is 3. The van der Waals surface area contributed by atoms with Crippen molar-refractivity contribution in [3.05, 3.63) is 21.2 Å². The molecule has 11 heteroatoms. The highest BCUT2D eigenvalue weighted by Crippen LogP contribution is 2.31. The first-order chi connectivity index (χ1) is 13.1. The van der Waals surface area contributed by atoms with Crippen LogP contribution in [0.4, 0.5) is 11.8 Å². The van der Waals surface area contributed by atoms with Crippen LogP contribution >= 0.6 is 23.7 Å². The summed E-state index contributed by atoms with van der Waals surface area (Å²) in [6.45, 7) is -0.216. The van der Waals surface area contributed by atoms with Gasteiger partial charge < -0.3 is 26.0 Å². The Balaban J connectivity index is 0.00000225. The Morgan fingerprint density at radius 3 is 2.61 bits per heavy atom. The number of rotatable bonds is 6. The van der Waals surface area contributed by atoms with E-state index in [4.69, 9.17) is 0 Å². The van der Waals surface area contributed by atoms with Crippen molar-refractivity contribution in [1.82, 2.24) is 15.0 Å². The molecule has 0 unspecified atom stereocenters. The zero-order valence-corrected chi connectivity index (χ0v) is 16.7. The van der Waals surface area contributed by atoms with E-state index in [1.165, 1.54) is 11.3 Å². The summed E-state index contributed by atoms with van der Waals surface area (Å²) < 4.78 is 0. The number of aromatic amines is 1. The Morgan fingerprint density at radius 2 is 2.04 bits per heavy atom. The molecule has 28 heavy (non-hydrogen) atoms. The molecular weight excluding hydrogens is 406 g/mol. The summed E-state index contributed by atoms with van der Waals surface area (Å²) in [5, 5.41) is 37.8. The van der Waals surface area contributed by atoms with Gasteiger partial charge >= 0.3 is 0 Å². The maximum Gasteiger partial charge on any atom is 0.263 e. The van der Waals surface area contributed by atoms with E-state index in [1.54, 1.807) is 10.9 Å². The van der Waals surface area contributed by atoms with Crippen molar-refractivity contribution in [1.29, 1.82) is 0 Å². The molecule has 2 heterocycles. The van der Waals surface area contributed by atoms with Gasteiger partial charge in [0.15, 0.2) is 0 Å². The number of aliphatic hydroxyl groups is 3. The molecule has 2 aliphatic carbocycles. The topological polar surface area (TPSA) is 143 Å². The van der Waals surface area contributed by atoms with Crippen LogP contribution in [-0.4, -0.2) is 61.2 Å². The smallest absolute Gasteiger partial charge is 0.263 e. The number of hydrogen-bond acceptors (Lipinski definition) is 9. The number of anilines is 2. The van der Waals surface area contributed by atoms with Gasteiger partial charge in [0.05, 0.1) is 23.4 Å². The number of thiazole rings is 1. The molecule has 4 rings (SSSR count). The van der Waals surface area contributed by atoms with Crippen LogP contribution in [0.3, 0.4) is 0 Å². The van der Waals surface area contributed by atoms with Gasteiger partial charge in [-0.15, -0.1) is 23.7 Å². The highest BCUT2D eigenvalue weighted by Gasteiger charge is 2.41. The van der Waals surface area contributed by atoms with E-state index in [0.717, 1.165) is 19.3 Å². The SMILES string of the molecule is Cl.O=c1[nH]c(NC2CCC2)nc(N[C@@H]2C[C@H](CO)[C@@H](O)[C@H]2O)c1-c1cscn1. The second-order valence-electron chi connectivity index (χ2n) is 7.19. The molecule has 6 N–H and O–H groups in total. The normalized spacial score (nSPS) is 27.1. The third-order valence-electron chi connectivity index (χ3n) is 5.41. The fourth-order valence-corrected chi connectivity index (χ4v) is 4.13. The molecular formula is C17H24ClN5O4S. The summed E-state index contributed by atoms with van der Waals surface area (Å²) in [5.74, 6) is 0.258. The lowest BCUT2D eigenvalue weighted by Crippen LogP contribution is -2.36. The molecule has 0 bridgehead atoms. The predicted molar refractivity (Wildman–Crippen MR) is 109 cm³/mol. The monoisotopic (exact) mass is 429 g/mol. The van der Waals surface area contributed by atoms with Crippen LogP contribution in [0.2, 0.25) is 0 Å². The largest absolute Gasteiger partial charge is 0.396 e. The lowest BCUT2D eigenvalue weighted by Gasteiger charge is -2.27. The van der Waals surface area contributed by atoms with Crippen molar-refractivity contribution in [2.75, 3.05) is 17.2 Å². The first-order valence-electron chi connectivity index (χ1n) is 9.09. The molecule has 4 atom stereocenters. The first-order valence-corrected chi connectivity index (χ1v) is 10.0. The highest BCUT2D eigenvalue weighted by molar-refractivity contribution is 7.07. The summed E-state index contributed by atoms with van der Waals surface area (Å²) in [6, 6.07) is -0.232. The van der Waals surface area contributed by atoms with Crippen molar-refractivity contribution in [2.24, 2.45) is 5.92 Å². The summed E-state index contributed by atoms with van der Waals surface area (Å²) in [7, 11) is 0. The molecule has 0 amide bonds. The predicted octanol–water partition coefficient (Wildman–Crippen LogP) is 0.794. The molecule has 2 aromatic heterocycles. The maximum absolute atomic E-state index is 12.7. The van der Waals surface area contributed by atoms with Crippen molar-refractivity contribution >= 4 is 35.5 Å². The molecule has 0 radical (unpaired) electrons. The van der Waals surface area contributed by atoms with Crippen LogP contribution in [0.15, 0.2) is 15.7 Å². The molecule has 0 spiro atoms. The van der Waals surface area contributed by atoms with E-state index in [2.05, 4.69) is 25.6 Å². The van der Waals surface area contributed by atoms with Gasteiger partial charge in [-0.05, 0) is 25.7 Å². The Bertz CT molecular complexity index is 845. The van der Waals surface area contributed by atoms with E-state index in [1.807, 2.05) is 0 Å². The minimum atomic E-state index is -1.06. The standard InChI is InChI=1S/C17H23N5O4S.ClH/c23-5-8-4-10(14(25)13(8)24)20-15-12(11-6-27-7-18-11)16(26)22-17(21-15)19-9-2-1-3-9;/h6-10,13-14,23-25H,1-5H2,(H3,19,20,21,22,26);1H/t8-,10-,13-,14+;/m1./s1. The average molecular weight is 430 g/mol. The highest BCUT2D eigenvalue weighted by atomic mass is 35.5. The van der Waals surface area contributed by atoms with Gasteiger partial charge in [-0.25, -0.2) is 4.98 Å². The van der Waals surface area contributed by atoms with Crippen molar-refractivity contribution < 1.29 is 15.3 Å². The van der Waals surface area contributed by atoms with Crippen LogP contribution in [-0.2, 0) is 0 Å². The van der Waals surface area contributed by atoms with Gasteiger partial charge in [-0.2, -0.15) is 4.98 Å². The number of H-pyrrole nitrogens is 1. The minimum absolute atomic E-state index is 0. The lowest BCUT2D eigenvalue weighted by atomic mass is 9.93. The summed E-state index contributed by atoms with van der Waals surface area (Å²) >= 11 is 1.37. The van der Waals surface area contributed by atoms with Gasteiger partial charge in [0.25, 0.3) is 5.56 Å². The van der Waals surface area contributed by atoms with Crippen molar-refractivity contribution in [2.45, 2.75) is 50.0 Å². The minimum Gasteiger partial charge on any atom is -0.396 e. The van der Waals surface area contributed by atoms with E-state index in [-0.39, 0.29) is 24.6 Å². The fourth-order valence-electron chi connectivity index (χ4n) is 3.59. The third-order valence-corrected chi connectivity index (χ3v) is 6.00. The van der Waals surface area contributed by atoms with Crippen LogP contribution in [0.25, 0.3) is 11.3 Å². The Labute approximate surface area is 171 Å². The van der Waals surface area contributed by atoms with Crippen molar-refractivity contribution in [3.8, 4) is 11.3 Å². The van der Waals surface area contributed by atoms with Crippen LogP contribution in [0.1, 0.15) is 25.7 Å². The van der Waals surface area contributed by atoms with Crippen LogP contribution < -0.4 is 16.2 Å². The van der Waals surface area contributed by atoms with E-state index in [0.29, 0.717) is 35.5 Å². The second-order valence-corrected chi connectivity index (χ2v) is 7.91. The van der Waals surface area contributed by atoms with Crippen LogP contribution in [0, 0.1) is 5.92 Å². The molecule has 2 aliphatic rings. The number of nitrogens with zero attached hydrogens (tertiary/aromatic N) is 2. The van der Waals surface area contributed by atoms with E-state index in [9.17, 15) is 20.1 Å². The summed E-state index contributed by atoms with van der Waals surface area (Å²) in [6.07, 6.45) is 1.51. The van der Waals surface area contributed by atoms with Gasteiger partial charge in [-0.1, -0.05) is 0 Å². The zero-order valence-electron chi connectivity index (χ0n) is 15.0. The Morgan fingerprint density at radius 1 is 1.25 bits per heavy atom. The number of aromatic nitrogens is 3. The Kier molecular flexibility index (Phi) is 6.56. The van der Waals surface area contributed by atoms with Gasteiger partial charge in [0.1, 0.15) is 17.5 Å². The van der Waals surface area contributed by atoms with Gasteiger partial charge in [-0.3, -0.25) is 9.78 Å². The number of halogens is 1. The Hall–Kier alpha value is -1.72. The average Bonchev–Trinajstić information content (AvgIpc) is 3.22. The lowest BCUT2D eigenvalue weighted by molar-refractivity contribution is 0.00446. The molecule has 0 aromatic carbocycles. The molecule has 2 aromatic rings. The van der Waals surface area contributed by atoms with Gasteiger partial charge in [0, 0.05) is 23.9 Å². The quantitative estimate of drug-likeness (QED) is 0.395.